The molecule has 3 heterocycles. The van der Waals surface area contributed by atoms with Crippen LogP contribution in [0.25, 0.3) is 0 Å². The highest BCUT2D eigenvalue weighted by atomic mass is 16.6. The number of rotatable bonds is 5. The first kappa shape index (κ1) is 21.3. The van der Waals surface area contributed by atoms with Crippen LogP contribution in [0.5, 0.6) is 0 Å². The first-order valence-corrected chi connectivity index (χ1v) is 11.1. The summed E-state index contributed by atoms with van der Waals surface area (Å²) in [6, 6.07) is 10.4. The molecule has 2 atom stereocenters. The van der Waals surface area contributed by atoms with E-state index in [4.69, 9.17) is 5.73 Å². The minimum Gasteiger partial charge on any atom is -0.378 e. The van der Waals surface area contributed by atoms with Gasteiger partial charge in [0.05, 0.1) is 31.1 Å². The predicted octanol–water partition coefficient (Wildman–Crippen LogP) is 1.35. The van der Waals surface area contributed by atoms with Crippen LogP contribution in [0.3, 0.4) is 0 Å². The summed E-state index contributed by atoms with van der Waals surface area (Å²) in [5.41, 5.74) is 7.22. The van der Waals surface area contributed by atoms with Gasteiger partial charge in [0.1, 0.15) is 6.54 Å². The number of aromatic nitrogens is 2. The van der Waals surface area contributed by atoms with Crippen LogP contribution < -0.4 is 20.4 Å². The third-order valence-corrected chi connectivity index (χ3v) is 6.28. The fraction of sp³-hybridized carbons (Fsp3) is 0.545. The Labute approximate surface area is 183 Å². The van der Waals surface area contributed by atoms with Gasteiger partial charge in [-0.25, -0.2) is 0 Å². The Morgan fingerprint density at radius 3 is 2.35 bits per heavy atom. The van der Waals surface area contributed by atoms with Crippen molar-refractivity contribution in [1.29, 1.82) is 0 Å². The fourth-order valence-electron chi connectivity index (χ4n) is 4.91. The van der Waals surface area contributed by atoms with E-state index in [1.807, 2.05) is 11.0 Å². The second kappa shape index (κ2) is 9.05. The van der Waals surface area contributed by atoms with Crippen LogP contribution in [-0.2, 0) is 6.54 Å². The van der Waals surface area contributed by atoms with Crippen molar-refractivity contribution >= 4 is 23.3 Å². The lowest BCUT2D eigenvalue weighted by Crippen LogP contribution is -3.13. The quantitative estimate of drug-likeness (QED) is 0.549. The summed E-state index contributed by atoms with van der Waals surface area (Å²) >= 11 is 0. The van der Waals surface area contributed by atoms with Crippen molar-refractivity contribution in [2.24, 2.45) is 11.8 Å². The number of nitrogens with zero attached hydrogens (tertiary/aromatic N) is 5. The number of hydrogen-bond acceptors (Lipinski definition) is 7. The molecular weight excluding hydrogens is 394 g/mol. The van der Waals surface area contributed by atoms with E-state index in [1.165, 1.54) is 10.5 Å². The van der Waals surface area contributed by atoms with Crippen LogP contribution in [-0.4, -0.2) is 54.2 Å². The smallest absolute Gasteiger partial charge is 0.353 e. The number of benzene rings is 1. The highest BCUT2D eigenvalue weighted by Crippen LogP contribution is 2.34. The molecule has 1 aromatic heterocycles. The molecular formula is C22H32N7O2+. The number of piperidine rings is 1. The van der Waals surface area contributed by atoms with E-state index in [9.17, 15) is 10.1 Å². The molecule has 2 aromatic rings. The largest absolute Gasteiger partial charge is 0.378 e. The molecule has 4 rings (SSSR count). The first-order chi connectivity index (χ1) is 14.9. The molecule has 3 N–H and O–H groups in total. The summed E-state index contributed by atoms with van der Waals surface area (Å²) < 4.78 is 0. The number of nitrogens with two attached hydrogens (primary N) is 1. The average molecular weight is 427 g/mol. The molecule has 0 saturated carbocycles. The lowest BCUT2D eigenvalue weighted by Gasteiger charge is -2.36. The van der Waals surface area contributed by atoms with Crippen LogP contribution in [0.1, 0.15) is 25.8 Å². The van der Waals surface area contributed by atoms with Crippen molar-refractivity contribution in [1.82, 2.24) is 9.97 Å². The van der Waals surface area contributed by atoms with Gasteiger partial charge in [-0.15, -0.1) is 0 Å². The van der Waals surface area contributed by atoms with Crippen molar-refractivity contribution in [3.05, 3.63) is 46.0 Å². The maximum atomic E-state index is 11.8. The summed E-state index contributed by atoms with van der Waals surface area (Å²) in [6.45, 7) is 10.3. The van der Waals surface area contributed by atoms with Gasteiger partial charge >= 0.3 is 5.69 Å². The highest BCUT2D eigenvalue weighted by Gasteiger charge is 2.33. The summed E-state index contributed by atoms with van der Waals surface area (Å²) in [7, 11) is 0. The SMILES string of the molecule is C[C@@H]1C[C@@H](C)CN(c2nc(N)c([N+](=O)[O-])c(N3CC[NH+](Cc4ccccc4)CC3)n2)C1. The molecule has 0 spiro atoms. The van der Waals surface area contributed by atoms with Gasteiger partial charge in [-0.3, -0.25) is 10.1 Å². The maximum absolute atomic E-state index is 11.8. The average Bonchev–Trinajstić information content (AvgIpc) is 2.73. The molecule has 2 saturated heterocycles. The number of quaternary nitrogens is 1. The molecule has 0 amide bonds. The molecule has 9 heteroatoms. The van der Waals surface area contributed by atoms with E-state index >= 15 is 0 Å². The first-order valence-electron chi connectivity index (χ1n) is 11.1. The minimum atomic E-state index is -0.445. The number of hydrogen-bond donors (Lipinski definition) is 2. The molecule has 2 fully saturated rings. The molecule has 0 bridgehead atoms. The van der Waals surface area contributed by atoms with E-state index in [1.54, 1.807) is 0 Å². The van der Waals surface area contributed by atoms with Crippen LogP contribution in [0.4, 0.5) is 23.3 Å². The molecule has 2 aliphatic rings. The Kier molecular flexibility index (Phi) is 6.22. The lowest BCUT2D eigenvalue weighted by atomic mass is 9.92. The Morgan fingerprint density at radius 1 is 1.10 bits per heavy atom. The van der Waals surface area contributed by atoms with Gasteiger partial charge < -0.3 is 20.4 Å². The zero-order valence-electron chi connectivity index (χ0n) is 18.3. The number of piperazine rings is 1. The number of anilines is 3. The van der Waals surface area contributed by atoms with Crippen LogP contribution >= 0.6 is 0 Å². The third kappa shape index (κ3) is 4.87. The van der Waals surface area contributed by atoms with Crippen molar-refractivity contribution < 1.29 is 9.82 Å². The third-order valence-electron chi connectivity index (χ3n) is 6.28. The van der Waals surface area contributed by atoms with Gasteiger partial charge in [-0.1, -0.05) is 44.2 Å². The summed E-state index contributed by atoms with van der Waals surface area (Å²) in [6.07, 6.45) is 1.16. The fourth-order valence-corrected chi connectivity index (χ4v) is 4.91. The van der Waals surface area contributed by atoms with Gasteiger partial charge in [0, 0.05) is 18.7 Å². The predicted molar refractivity (Wildman–Crippen MR) is 121 cm³/mol. The summed E-state index contributed by atoms with van der Waals surface area (Å²) in [5.74, 6) is 1.87. The van der Waals surface area contributed by atoms with Crippen molar-refractivity contribution in [2.75, 3.05) is 54.8 Å². The molecule has 9 nitrogen and oxygen atoms in total. The minimum absolute atomic E-state index is 0.0464. The second-order valence-corrected chi connectivity index (χ2v) is 9.09. The van der Waals surface area contributed by atoms with E-state index in [0.717, 1.165) is 39.1 Å². The number of nitrogen functional groups attached to an aromatic ring is 1. The molecule has 2 aliphatic heterocycles. The molecule has 0 radical (unpaired) electrons. The lowest BCUT2D eigenvalue weighted by molar-refractivity contribution is -0.914. The van der Waals surface area contributed by atoms with Crippen molar-refractivity contribution in [2.45, 2.75) is 26.8 Å². The summed E-state index contributed by atoms with van der Waals surface area (Å²) in [4.78, 5) is 26.0. The Bertz CT molecular complexity index is 906. The topological polar surface area (TPSA) is 106 Å². The molecule has 0 unspecified atom stereocenters. The molecule has 1 aromatic carbocycles. The maximum Gasteiger partial charge on any atom is 0.353 e. The molecule has 0 aliphatic carbocycles. The molecule has 31 heavy (non-hydrogen) atoms. The Hall–Kier alpha value is -2.94. The van der Waals surface area contributed by atoms with E-state index in [0.29, 0.717) is 36.7 Å². The Morgan fingerprint density at radius 2 is 1.74 bits per heavy atom. The van der Waals surface area contributed by atoms with Crippen LogP contribution in [0.15, 0.2) is 30.3 Å². The standard InChI is InChI=1S/C22H31N7O2/c1-16-12-17(2)14-28(13-16)22-24-20(23)19(29(30)31)21(25-22)27-10-8-26(9-11-27)15-18-6-4-3-5-7-18/h3-7,16-17H,8-15H2,1-2H3,(H2,23,24,25)/p+1/t16-,17-/m1/s1. The Balaban J connectivity index is 1.54. The van der Waals surface area contributed by atoms with Gasteiger partial charge in [0.25, 0.3) is 0 Å². The van der Waals surface area contributed by atoms with E-state index in [2.05, 4.69) is 53.0 Å². The van der Waals surface area contributed by atoms with Gasteiger partial charge in [0.15, 0.2) is 0 Å². The second-order valence-electron chi connectivity index (χ2n) is 9.09. The van der Waals surface area contributed by atoms with Gasteiger partial charge in [-0.05, 0) is 18.3 Å². The number of nitrogens with one attached hydrogen (secondary N) is 1. The zero-order valence-corrected chi connectivity index (χ0v) is 18.3. The van der Waals surface area contributed by atoms with Crippen molar-refractivity contribution in [3.63, 3.8) is 0 Å². The van der Waals surface area contributed by atoms with Gasteiger partial charge in [-0.2, -0.15) is 9.97 Å². The molecule has 166 valence electrons. The monoisotopic (exact) mass is 426 g/mol. The van der Waals surface area contributed by atoms with E-state index < -0.39 is 4.92 Å². The van der Waals surface area contributed by atoms with Crippen LogP contribution in [0.2, 0.25) is 0 Å². The van der Waals surface area contributed by atoms with Gasteiger partial charge in [0.2, 0.25) is 17.6 Å². The normalized spacial score (nSPS) is 22.5. The number of nitro groups is 1. The summed E-state index contributed by atoms with van der Waals surface area (Å²) in [5, 5.41) is 11.8. The zero-order chi connectivity index (χ0) is 22.0. The van der Waals surface area contributed by atoms with Crippen molar-refractivity contribution in [3.8, 4) is 0 Å². The highest BCUT2D eigenvalue weighted by molar-refractivity contribution is 5.71. The van der Waals surface area contributed by atoms with Crippen LogP contribution in [0, 0.1) is 22.0 Å². The van der Waals surface area contributed by atoms with E-state index in [-0.39, 0.29) is 11.5 Å².